The number of benzene rings is 1. The number of hydrogen-bond acceptors (Lipinski definition) is 1. The molecule has 1 aliphatic rings. The molecule has 1 nitrogen and oxygen atoms in total. The molecule has 0 saturated heterocycles. The number of allylic oxidation sites excluding steroid dienone is 2. The van der Waals surface area contributed by atoms with E-state index in [1.807, 2.05) is 24.3 Å². The standard InChI is InChI=1S/C13H13IO/c1-9-6-7-11(13(15)8-9)10-4-2-3-5-12(10)14/h2-5,7,9H,6,8H2,1H3. The van der Waals surface area contributed by atoms with Gasteiger partial charge >= 0.3 is 0 Å². The van der Waals surface area contributed by atoms with Crippen LogP contribution in [0.3, 0.4) is 0 Å². The van der Waals surface area contributed by atoms with Gasteiger partial charge in [0.25, 0.3) is 0 Å². The number of halogens is 1. The van der Waals surface area contributed by atoms with Crippen LogP contribution in [-0.4, -0.2) is 5.78 Å². The molecule has 0 aliphatic heterocycles. The fourth-order valence-corrected chi connectivity index (χ4v) is 2.56. The summed E-state index contributed by atoms with van der Waals surface area (Å²) in [5.41, 5.74) is 2.01. The molecule has 1 unspecified atom stereocenters. The van der Waals surface area contributed by atoms with Gasteiger partial charge in [-0.3, -0.25) is 4.79 Å². The van der Waals surface area contributed by atoms with Gasteiger partial charge in [0.05, 0.1) is 0 Å². The van der Waals surface area contributed by atoms with Gasteiger partial charge in [-0.15, -0.1) is 0 Å². The van der Waals surface area contributed by atoms with Crippen LogP contribution in [0.5, 0.6) is 0 Å². The van der Waals surface area contributed by atoms with Gasteiger partial charge in [-0.1, -0.05) is 31.2 Å². The molecule has 0 fully saturated rings. The average molecular weight is 312 g/mol. The summed E-state index contributed by atoms with van der Waals surface area (Å²) in [4.78, 5) is 11.9. The molecule has 78 valence electrons. The minimum Gasteiger partial charge on any atom is -0.294 e. The first-order valence-corrected chi connectivity index (χ1v) is 6.24. The van der Waals surface area contributed by atoms with Crippen molar-refractivity contribution < 1.29 is 4.79 Å². The van der Waals surface area contributed by atoms with E-state index in [0.29, 0.717) is 12.3 Å². The lowest BCUT2D eigenvalue weighted by Crippen LogP contribution is -2.13. The van der Waals surface area contributed by atoms with Gasteiger partial charge < -0.3 is 0 Å². The second-order valence-corrected chi connectivity index (χ2v) is 5.23. The van der Waals surface area contributed by atoms with Crippen LogP contribution in [0.4, 0.5) is 0 Å². The second kappa shape index (κ2) is 4.47. The largest absolute Gasteiger partial charge is 0.294 e. The first-order valence-electron chi connectivity index (χ1n) is 5.16. The Morgan fingerprint density at radius 1 is 1.33 bits per heavy atom. The fourth-order valence-electron chi connectivity index (χ4n) is 1.88. The van der Waals surface area contributed by atoms with Crippen molar-refractivity contribution in [3.63, 3.8) is 0 Å². The lowest BCUT2D eigenvalue weighted by Gasteiger charge is -2.18. The minimum atomic E-state index is 0.290. The molecule has 15 heavy (non-hydrogen) atoms. The molecule has 0 amide bonds. The SMILES string of the molecule is CC1CC=C(c2ccccc2I)C(=O)C1. The maximum atomic E-state index is 11.9. The number of carbonyl (C=O) groups excluding carboxylic acids is 1. The number of ketones is 1. The maximum Gasteiger partial charge on any atom is 0.163 e. The molecule has 1 aromatic carbocycles. The zero-order valence-corrected chi connectivity index (χ0v) is 10.8. The number of hydrogen-bond donors (Lipinski definition) is 0. The predicted molar refractivity (Wildman–Crippen MR) is 70.5 cm³/mol. The summed E-state index contributed by atoms with van der Waals surface area (Å²) in [6.07, 6.45) is 3.80. The summed E-state index contributed by atoms with van der Waals surface area (Å²) >= 11 is 2.28. The highest BCUT2D eigenvalue weighted by atomic mass is 127. The van der Waals surface area contributed by atoms with Crippen LogP contribution in [0.2, 0.25) is 0 Å². The molecule has 1 atom stereocenters. The zero-order chi connectivity index (χ0) is 10.8. The van der Waals surface area contributed by atoms with E-state index in [-0.39, 0.29) is 5.78 Å². The summed E-state index contributed by atoms with van der Waals surface area (Å²) in [5.74, 6) is 0.792. The average Bonchev–Trinajstić information content (AvgIpc) is 2.20. The van der Waals surface area contributed by atoms with Crippen LogP contribution in [0.15, 0.2) is 30.3 Å². The first kappa shape index (κ1) is 10.9. The van der Waals surface area contributed by atoms with E-state index in [2.05, 4.69) is 35.6 Å². The number of Topliss-reactive ketones (excluding diaryl/α,β-unsaturated/α-hetero) is 1. The Morgan fingerprint density at radius 3 is 2.73 bits per heavy atom. The van der Waals surface area contributed by atoms with Gasteiger partial charge in [0, 0.05) is 15.6 Å². The van der Waals surface area contributed by atoms with E-state index in [9.17, 15) is 4.79 Å². The van der Waals surface area contributed by atoms with E-state index in [1.165, 1.54) is 0 Å². The number of carbonyl (C=O) groups is 1. The summed E-state index contributed by atoms with van der Waals surface area (Å²) < 4.78 is 1.16. The Kier molecular flexibility index (Phi) is 3.24. The molecule has 1 aliphatic carbocycles. The highest BCUT2D eigenvalue weighted by molar-refractivity contribution is 14.1. The normalized spacial score (nSPS) is 21.3. The van der Waals surface area contributed by atoms with Crippen LogP contribution in [-0.2, 0) is 4.79 Å². The van der Waals surface area contributed by atoms with E-state index < -0.39 is 0 Å². The molecule has 1 aromatic rings. The molecule has 0 spiro atoms. The van der Waals surface area contributed by atoms with Crippen molar-refractivity contribution in [1.82, 2.24) is 0 Å². The van der Waals surface area contributed by atoms with Gasteiger partial charge in [-0.2, -0.15) is 0 Å². The lowest BCUT2D eigenvalue weighted by atomic mass is 9.87. The third-order valence-corrected chi connectivity index (χ3v) is 3.66. The minimum absolute atomic E-state index is 0.290. The van der Waals surface area contributed by atoms with Gasteiger partial charge in [0.2, 0.25) is 0 Å². The third-order valence-electron chi connectivity index (χ3n) is 2.72. The van der Waals surface area contributed by atoms with Crippen LogP contribution in [0.25, 0.3) is 5.57 Å². The van der Waals surface area contributed by atoms with Crippen molar-refractivity contribution in [1.29, 1.82) is 0 Å². The van der Waals surface area contributed by atoms with Crippen LogP contribution in [0.1, 0.15) is 25.3 Å². The monoisotopic (exact) mass is 312 g/mol. The Hall–Kier alpha value is -0.640. The Morgan fingerprint density at radius 2 is 2.07 bits per heavy atom. The topological polar surface area (TPSA) is 17.1 Å². The van der Waals surface area contributed by atoms with E-state index >= 15 is 0 Å². The Bertz CT molecular complexity index is 420. The van der Waals surface area contributed by atoms with Crippen molar-refractivity contribution >= 4 is 33.9 Å². The molecule has 0 N–H and O–H groups in total. The van der Waals surface area contributed by atoms with Gasteiger partial charge in [-0.25, -0.2) is 0 Å². The Balaban J connectivity index is 2.40. The summed E-state index contributed by atoms with van der Waals surface area (Å²) in [5, 5.41) is 0. The van der Waals surface area contributed by atoms with Crippen LogP contribution in [0, 0.1) is 9.49 Å². The van der Waals surface area contributed by atoms with Gasteiger partial charge in [0.15, 0.2) is 5.78 Å². The lowest BCUT2D eigenvalue weighted by molar-refractivity contribution is -0.114. The highest BCUT2D eigenvalue weighted by Gasteiger charge is 2.20. The number of rotatable bonds is 1. The van der Waals surface area contributed by atoms with Crippen molar-refractivity contribution in [3.8, 4) is 0 Å². The Labute approximate surface area is 104 Å². The van der Waals surface area contributed by atoms with Crippen LogP contribution >= 0.6 is 22.6 Å². The predicted octanol–water partition coefficient (Wildman–Crippen LogP) is 3.67. The van der Waals surface area contributed by atoms with Crippen molar-refractivity contribution in [2.75, 3.05) is 0 Å². The molecule has 0 saturated carbocycles. The van der Waals surface area contributed by atoms with E-state index in [1.54, 1.807) is 0 Å². The molecule has 0 aromatic heterocycles. The molecule has 2 heteroatoms. The van der Waals surface area contributed by atoms with E-state index in [0.717, 1.165) is 21.1 Å². The maximum absolute atomic E-state index is 11.9. The summed E-state index contributed by atoms with van der Waals surface area (Å²) in [7, 11) is 0. The molecule has 0 radical (unpaired) electrons. The molecule has 0 bridgehead atoms. The van der Waals surface area contributed by atoms with Crippen LogP contribution < -0.4 is 0 Å². The summed E-state index contributed by atoms with van der Waals surface area (Å²) in [6.45, 7) is 2.13. The molecule has 0 heterocycles. The van der Waals surface area contributed by atoms with Gasteiger partial charge in [-0.05, 0) is 46.6 Å². The summed E-state index contributed by atoms with van der Waals surface area (Å²) in [6, 6.07) is 8.06. The van der Waals surface area contributed by atoms with Crippen molar-refractivity contribution in [2.24, 2.45) is 5.92 Å². The molecule has 2 rings (SSSR count). The first-order chi connectivity index (χ1) is 7.18. The van der Waals surface area contributed by atoms with Crippen molar-refractivity contribution in [3.05, 3.63) is 39.5 Å². The third kappa shape index (κ3) is 2.30. The quantitative estimate of drug-likeness (QED) is 0.723. The highest BCUT2D eigenvalue weighted by Crippen LogP contribution is 2.29. The zero-order valence-electron chi connectivity index (χ0n) is 8.66. The smallest absolute Gasteiger partial charge is 0.163 e. The molecular formula is C13H13IO. The van der Waals surface area contributed by atoms with Crippen molar-refractivity contribution in [2.45, 2.75) is 19.8 Å². The fraction of sp³-hybridized carbons (Fsp3) is 0.308. The molecular weight excluding hydrogens is 299 g/mol. The van der Waals surface area contributed by atoms with E-state index in [4.69, 9.17) is 0 Å². The van der Waals surface area contributed by atoms with Gasteiger partial charge in [0.1, 0.15) is 0 Å². The second-order valence-electron chi connectivity index (χ2n) is 4.07.